The van der Waals surface area contributed by atoms with E-state index in [4.69, 9.17) is 11.6 Å². The Hall–Kier alpha value is -0.540. The number of rotatable bonds is 5. The van der Waals surface area contributed by atoms with Gasteiger partial charge in [0.1, 0.15) is 0 Å². The molecule has 2 rings (SSSR count). The predicted molar refractivity (Wildman–Crippen MR) is 85.3 cm³/mol. The number of aryl methyl sites for hydroxylation is 2. The topological polar surface area (TPSA) is 29.9 Å². The Bertz CT molecular complexity index is 459. The van der Waals surface area contributed by atoms with E-state index in [1.165, 1.54) is 18.5 Å². The fourth-order valence-corrected chi connectivity index (χ4v) is 3.27. The van der Waals surface area contributed by atoms with Crippen molar-refractivity contribution in [3.05, 3.63) is 16.4 Å². The maximum atomic E-state index is 6.45. The molecule has 20 heavy (non-hydrogen) atoms. The fraction of sp³-hybridized carbons (Fsp3) is 0.812. The third kappa shape index (κ3) is 3.56. The minimum atomic E-state index is 0.208. The summed E-state index contributed by atoms with van der Waals surface area (Å²) in [5.74, 6) is 1.53. The highest BCUT2D eigenvalue weighted by molar-refractivity contribution is 6.31. The zero-order chi connectivity index (χ0) is 14.9. The van der Waals surface area contributed by atoms with Crippen molar-refractivity contribution in [3.8, 4) is 0 Å². The molecule has 114 valence electrons. The maximum absolute atomic E-state index is 6.45. The molecule has 0 aromatic carbocycles. The van der Waals surface area contributed by atoms with Crippen molar-refractivity contribution in [3.63, 3.8) is 0 Å². The van der Waals surface area contributed by atoms with E-state index in [1.54, 1.807) is 0 Å². The Morgan fingerprint density at radius 2 is 1.95 bits per heavy atom. The molecule has 1 N–H and O–H groups in total. The summed E-state index contributed by atoms with van der Waals surface area (Å²) in [6, 6.07) is 0. The van der Waals surface area contributed by atoms with Crippen molar-refractivity contribution >= 4 is 11.6 Å². The van der Waals surface area contributed by atoms with Gasteiger partial charge in [-0.05, 0) is 64.8 Å². The molecule has 2 atom stereocenters. The predicted octanol–water partition coefficient (Wildman–Crippen LogP) is 3.59. The number of halogens is 1. The Balaban J connectivity index is 1.95. The molecule has 2 unspecified atom stereocenters. The van der Waals surface area contributed by atoms with Crippen LogP contribution < -0.4 is 5.32 Å². The zero-order valence-corrected chi connectivity index (χ0v) is 14.2. The van der Waals surface area contributed by atoms with Crippen molar-refractivity contribution in [1.29, 1.82) is 0 Å². The standard InChI is InChI=1S/C16H28ClN3/c1-6-13-15(17)14(20(5)19-13)9-11-7-8-12(11)10-18-16(2,3)4/h11-12,18H,6-10H2,1-5H3. The Morgan fingerprint density at radius 3 is 2.40 bits per heavy atom. The third-order valence-electron chi connectivity index (χ3n) is 4.43. The molecule has 1 saturated carbocycles. The van der Waals surface area contributed by atoms with Gasteiger partial charge in [-0.15, -0.1) is 0 Å². The molecule has 1 aromatic rings. The molecular weight excluding hydrogens is 270 g/mol. The summed E-state index contributed by atoms with van der Waals surface area (Å²) in [5, 5.41) is 9.04. The van der Waals surface area contributed by atoms with E-state index in [9.17, 15) is 0 Å². The Labute approximate surface area is 128 Å². The Kier molecular flexibility index (Phi) is 4.80. The van der Waals surface area contributed by atoms with Gasteiger partial charge in [0.2, 0.25) is 0 Å². The number of hydrogen-bond acceptors (Lipinski definition) is 2. The van der Waals surface area contributed by atoms with Crippen LogP contribution in [-0.4, -0.2) is 21.9 Å². The highest BCUT2D eigenvalue weighted by Gasteiger charge is 2.33. The maximum Gasteiger partial charge on any atom is 0.0849 e. The molecule has 1 aliphatic rings. The van der Waals surface area contributed by atoms with Crippen LogP contribution in [0.1, 0.15) is 51.9 Å². The molecule has 4 heteroatoms. The lowest BCUT2D eigenvalue weighted by Crippen LogP contribution is -2.44. The van der Waals surface area contributed by atoms with E-state index in [0.717, 1.165) is 41.9 Å². The van der Waals surface area contributed by atoms with Gasteiger partial charge in [-0.25, -0.2) is 0 Å². The van der Waals surface area contributed by atoms with Gasteiger partial charge in [0.15, 0.2) is 0 Å². The van der Waals surface area contributed by atoms with Gasteiger partial charge in [-0.2, -0.15) is 5.10 Å². The van der Waals surface area contributed by atoms with E-state index in [1.807, 2.05) is 11.7 Å². The van der Waals surface area contributed by atoms with Crippen LogP contribution in [0.15, 0.2) is 0 Å². The number of nitrogens with zero attached hydrogens (tertiary/aromatic N) is 2. The minimum Gasteiger partial charge on any atom is -0.312 e. The second-order valence-corrected chi connectivity index (χ2v) is 7.50. The van der Waals surface area contributed by atoms with Crippen molar-refractivity contribution in [2.75, 3.05) is 6.54 Å². The normalized spacial score (nSPS) is 22.9. The average Bonchev–Trinajstić information content (AvgIpc) is 2.59. The van der Waals surface area contributed by atoms with Crippen molar-refractivity contribution in [2.45, 2.75) is 58.9 Å². The lowest BCUT2D eigenvalue weighted by molar-refractivity contribution is 0.157. The van der Waals surface area contributed by atoms with E-state index in [2.05, 4.69) is 38.1 Å². The lowest BCUT2D eigenvalue weighted by Gasteiger charge is -2.38. The first kappa shape index (κ1) is 15.8. The summed E-state index contributed by atoms with van der Waals surface area (Å²) < 4.78 is 1.98. The molecule has 0 saturated heterocycles. The van der Waals surface area contributed by atoms with Gasteiger partial charge < -0.3 is 5.32 Å². The summed E-state index contributed by atoms with van der Waals surface area (Å²) in [6.45, 7) is 9.91. The van der Waals surface area contributed by atoms with Crippen molar-refractivity contribution < 1.29 is 0 Å². The second kappa shape index (κ2) is 6.07. The lowest BCUT2D eigenvalue weighted by atomic mass is 9.71. The van der Waals surface area contributed by atoms with E-state index in [-0.39, 0.29) is 5.54 Å². The van der Waals surface area contributed by atoms with Gasteiger partial charge in [0.05, 0.1) is 16.4 Å². The average molecular weight is 298 g/mol. The molecule has 1 fully saturated rings. The first-order valence-corrected chi connectivity index (χ1v) is 8.15. The Morgan fingerprint density at radius 1 is 1.30 bits per heavy atom. The molecule has 0 amide bonds. The third-order valence-corrected chi connectivity index (χ3v) is 4.86. The summed E-state index contributed by atoms with van der Waals surface area (Å²) in [7, 11) is 2.02. The van der Waals surface area contributed by atoms with Crippen molar-refractivity contribution in [2.24, 2.45) is 18.9 Å². The van der Waals surface area contributed by atoms with Crippen LogP contribution in [0.3, 0.4) is 0 Å². The van der Waals surface area contributed by atoms with Gasteiger partial charge in [-0.3, -0.25) is 4.68 Å². The molecular formula is C16H28ClN3. The fourth-order valence-electron chi connectivity index (χ4n) is 2.90. The van der Waals surface area contributed by atoms with Gasteiger partial charge in [-0.1, -0.05) is 18.5 Å². The molecule has 0 radical (unpaired) electrons. The number of aromatic nitrogens is 2. The van der Waals surface area contributed by atoms with E-state index >= 15 is 0 Å². The van der Waals surface area contributed by atoms with Crippen LogP contribution in [-0.2, 0) is 19.9 Å². The molecule has 1 aromatic heterocycles. The van der Waals surface area contributed by atoms with Crippen molar-refractivity contribution in [1.82, 2.24) is 15.1 Å². The van der Waals surface area contributed by atoms with Crippen LogP contribution in [0.5, 0.6) is 0 Å². The zero-order valence-electron chi connectivity index (χ0n) is 13.5. The largest absolute Gasteiger partial charge is 0.312 e. The van der Waals surface area contributed by atoms with Gasteiger partial charge in [0.25, 0.3) is 0 Å². The highest BCUT2D eigenvalue weighted by atomic mass is 35.5. The van der Waals surface area contributed by atoms with Crippen LogP contribution in [0, 0.1) is 11.8 Å². The molecule has 0 bridgehead atoms. The van der Waals surface area contributed by atoms with Crippen LogP contribution in [0.25, 0.3) is 0 Å². The quantitative estimate of drug-likeness (QED) is 0.900. The first-order valence-electron chi connectivity index (χ1n) is 7.77. The smallest absolute Gasteiger partial charge is 0.0849 e. The number of nitrogens with one attached hydrogen (secondary N) is 1. The minimum absolute atomic E-state index is 0.208. The van der Waals surface area contributed by atoms with Crippen LogP contribution in [0.4, 0.5) is 0 Å². The number of hydrogen-bond donors (Lipinski definition) is 1. The molecule has 0 aliphatic heterocycles. The summed E-state index contributed by atoms with van der Waals surface area (Å²) in [6.07, 6.45) is 4.63. The van der Waals surface area contributed by atoms with Crippen LogP contribution in [0.2, 0.25) is 5.02 Å². The summed E-state index contributed by atoms with van der Waals surface area (Å²) in [4.78, 5) is 0. The molecule has 0 spiro atoms. The monoisotopic (exact) mass is 297 g/mol. The van der Waals surface area contributed by atoms with E-state index < -0.39 is 0 Å². The second-order valence-electron chi connectivity index (χ2n) is 7.12. The molecule has 3 nitrogen and oxygen atoms in total. The van der Waals surface area contributed by atoms with E-state index in [0.29, 0.717) is 0 Å². The summed E-state index contributed by atoms with van der Waals surface area (Å²) in [5.41, 5.74) is 2.46. The highest BCUT2D eigenvalue weighted by Crippen LogP contribution is 2.38. The first-order chi connectivity index (χ1) is 9.31. The van der Waals surface area contributed by atoms with Gasteiger partial charge in [0, 0.05) is 12.6 Å². The molecule has 1 heterocycles. The molecule has 1 aliphatic carbocycles. The van der Waals surface area contributed by atoms with Crippen LogP contribution >= 0.6 is 11.6 Å². The SMILES string of the molecule is CCc1nn(C)c(CC2CCC2CNC(C)(C)C)c1Cl. The summed E-state index contributed by atoms with van der Waals surface area (Å²) >= 11 is 6.45. The van der Waals surface area contributed by atoms with Gasteiger partial charge >= 0.3 is 0 Å².